The molecule has 0 N–H and O–H groups in total. The quantitative estimate of drug-likeness (QED) is 0.838. The van der Waals surface area contributed by atoms with Gasteiger partial charge in [-0.25, -0.2) is 13.4 Å². The summed E-state index contributed by atoms with van der Waals surface area (Å²) in [5, 5.41) is 0. The molecule has 0 radical (unpaired) electrons. The van der Waals surface area contributed by atoms with Crippen molar-refractivity contribution in [2.45, 2.75) is 13.5 Å². The van der Waals surface area contributed by atoms with Gasteiger partial charge in [0, 0.05) is 24.8 Å². The Labute approximate surface area is 142 Å². The summed E-state index contributed by atoms with van der Waals surface area (Å²) in [6, 6.07) is 9.73. The van der Waals surface area contributed by atoms with Crippen LogP contribution < -0.4 is 13.9 Å². The van der Waals surface area contributed by atoms with Gasteiger partial charge in [-0.2, -0.15) is 4.98 Å². The van der Waals surface area contributed by atoms with Crippen LogP contribution in [-0.2, 0) is 16.6 Å². The van der Waals surface area contributed by atoms with Gasteiger partial charge in [0.25, 0.3) is 0 Å². The Kier molecular flexibility index (Phi) is 4.31. The van der Waals surface area contributed by atoms with Gasteiger partial charge in [-0.1, -0.05) is 18.2 Å². The molecule has 1 aromatic heterocycles. The van der Waals surface area contributed by atoms with E-state index in [0.717, 1.165) is 22.8 Å². The Hall–Kier alpha value is -2.35. The molecule has 1 aliphatic heterocycles. The van der Waals surface area contributed by atoms with E-state index < -0.39 is 10.0 Å². The highest BCUT2D eigenvalue weighted by Crippen LogP contribution is 2.29. The zero-order valence-electron chi connectivity index (χ0n) is 13.9. The maximum Gasteiger partial charge on any atom is 0.318 e. The van der Waals surface area contributed by atoms with E-state index in [1.54, 1.807) is 0 Å². The molecule has 0 saturated heterocycles. The van der Waals surface area contributed by atoms with Crippen LogP contribution in [0.25, 0.3) is 0 Å². The lowest BCUT2D eigenvalue weighted by molar-refractivity contribution is 0.378. The molecule has 0 aliphatic carbocycles. The van der Waals surface area contributed by atoms with Gasteiger partial charge in [0.15, 0.2) is 0 Å². The summed E-state index contributed by atoms with van der Waals surface area (Å²) >= 11 is 0. The summed E-state index contributed by atoms with van der Waals surface area (Å²) in [6.45, 7) is 3.34. The Bertz CT molecular complexity index is 854. The molecular weight excluding hydrogens is 328 g/mol. The first kappa shape index (κ1) is 16.5. The van der Waals surface area contributed by atoms with Gasteiger partial charge in [-0.15, -0.1) is 0 Å². The van der Waals surface area contributed by atoms with Crippen molar-refractivity contribution in [1.29, 1.82) is 0 Å². The minimum atomic E-state index is -3.34. The minimum absolute atomic E-state index is 0.308. The van der Waals surface area contributed by atoms with Crippen molar-refractivity contribution in [2.24, 2.45) is 0 Å². The third-order valence-electron chi connectivity index (χ3n) is 3.92. The van der Waals surface area contributed by atoms with Crippen molar-refractivity contribution in [2.75, 3.05) is 35.7 Å². The van der Waals surface area contributed by atoms with Gasteiger partial charge in [0.2, 0.25) is 10.0 Å². The molecule has 0 fully saturated rings. The number of para-hydroxylation sites is 1. The molecule has 1 aliphatic rings. The molecule has 0 spiro atoms. The van der Waals surface area contributed by atoms with Gasteiger partial charge in [0.1, 0.15) is 5.82 Å². The zero-order valence-corrected chi connectivity index (χ0v) is 14.7. The van der Waals surface area contributed by atoms with E-state index in [1.165, 1.54) is 17.7 Å². The number of benzene rings is 1. The maximum atomic E-state index is 12.2. The molecule has 0 saturated carbocycles. The normalized spacial score (nSPS) is 15.0. The van der Waals surface area contributed by atoms with Crippen molar-refractivity contribution in [3.05, 3.63) is 41.6 Å². The van der Waals surface area contributed by atoms with Crippen LogP contribution in [0, 0.1) is 6.92 Å². The third kappa shape index (κ3) is 3.28. The van der Waals surface area contributed by atoms with Crippen LogP contribution >= 0.6 is 0 Å². The molecule has 0 unspecified atom stereocenters. The van der Waals surface area contributed by atoms with Crippen LogP contribution in [0.15, 0.2) is 30.3 Å². The van der Waals surface area contributed by atoms with Crippen LogP contribution in [0.1, 0.15) is 11.3 Å². The average Bonchev–Trinajstić information content (AvgIpc) is 2.73. The van der Waals surface area contributed by atoms with E-state index in [-0.39, 0.29) is 0 Å². The first-order valence-electron chi connectivity index (χ1n) is 7.59. The number of methoxy groups -OCH3 is 1. The molecule has 24 heavy (non-hydrogen) atoms. The Morgan fingerprint density at radius 1 is 1.17 bits per heavy atom. The number of nitrogens with zero attached hydrogens (tertiary/aromatic N) is 4. The predicted molar refractivity (Wildman–Crippen MR) is 93.0 cm³/mol. The van der Waals surface area contributed by atoms with Crippen molar-refractivity contribution in [3.63, 3.8) is 0 Å². The molecule has 8 heteroatoms. The van der Waals surface area contributed by atoms with Crippen molar-refractivity contribution in [3.8, 4) is 6.01 Å². The highest BCUT2D eigenvalue weighted by atomic mass is 32.2. The predicted octanol–water partition coefficient (Wildman–Crippen LogP) is 1.58. The third-order valence-corrected chi connectivity index (χ3v) is 5.10. The number of hydrogen-bond donors (Lipinski definition) is 0. The number of hydrogen-bond acceptors (Lipinski definition) is 6. The fourth-order valence-corrected chi connectivity index (χ4v) is 3.77. The van der Waals surface area contributed by atoms with E-state index in [0.29, 0.717) is 25.6 Å². The SMILES string of the molecule is COc1nc(C)cc(N2CCN(S(C)(=O)=O)c3ccccc3C2)n1. The summed E-state index contributed by atoms with van der Waals surface area (Å²) < 4.78 is 30.9. The Balaban J connectivity index is 2.02. The van der Waals surface area contributed by atoms with E-state index in [9.17, 15) is 8.42 Å². The van der Waals surface area contributed by atoms with E-state index >= 15 is 0 Å². The van der Waals surface area contributed by atoms with Crippen molar-refractivity contribution >= 4 is 21.5 Å². The monoisotopic (exact) mass is 348 g/mol. The lowest BCUT2D eigenvalue weighted by atomic mass is 10.1. The van der Waals surface area contributed by atoms with Crippen LogP contribution in [0.4, 0.5) is 11.5 Å². The summed E-state index contributed by atoms with van der Waals surface area (Å²) in [5.74, 6) is 0.726. The van der Waals surface area contributed by atoms with E-state index in [4.69, 9.17) is 4.74 Å². The molecule has 128 valence electrons. The van der Waals surface area contributed by atoms with E-state index in [2.05, 4.69) is 9.97 Å². The average molecular weight is 348 g/mol. The molecule has 0 atom stereocenters. The lowest BCUT2D eigenvalue weighted by Gasteiger charge is -2.23. The Morgan fingerprint density at radius 3 is 2.62 bits per heavy atom. The highest BCUT2D eigenvalue weighted by Gasteiger charge is 2.26. The molecule has 2 aromatic rings. The number of aromatic nitrogens is 2. The maximum absolute atomic E-state index is 12.2. The molecule has 3 rings (SSSR count). The van der Waals surface area contributed by atoms with Crippen LogP contribution in [0.3, 0.4) is 0 Å². The minimum Gasteiger partial charge on any atom is -0.467 e. The standard InChI is InChI=1S/C16H20N4O3S/c1-12-10-15(18-16(17-12)23-2)19-8-9-20(24(3,21)22)14-7-5-4-6-13(14)11-19/h4-7,10H,8-9,11H2,1-3H3. The van der Waals surface area contributed by atoms with Crippen molar-refractivity contribution < 1.29 is 13.2 Å². The van der Waals surface area contributed by atoms with Gasteiger partial charge in [-0.3, -0.25) is 4.31 Å². The summed E-state index contributed by atoms with van der Waals surface area (Å²) in [6.07, 6.45) is 1.23. The molecule has 2 heterocycles. The molecule has 7 nitrogen and oxygen atoms in total. The summed E-state index contributed by atoms with van der Waals surface area (Å²) in [4.78, 5) is 10.6. The highest BCUT2D eigenvalue weighted by molar-refractivity contribution is 7.92. The van der Waals surface area contributed by atoms with Crippen LogP contribution in [0.5, 0.6) is 6.01 Å². The van der Waals surface area contributed by atoms with Crippen molar-refractivity contribution in [1.82, 2.24) is 9.97 Å². The van der Waals surface area contributed by atoms with Gasteiger partial charge in [-0.05, 0) is 18.6 Å². The summed E-state index contributed by atoms with van der Waals surface area (Å²) in [5.41, 5.74) is 2.46. The first-order chi connectivity index (χ1) is 11.4. The molecule has 0 amide bonds. The van der Waals surface area contributed by atoms with Gasteiger partial charge in [0.05, 0.1) is 25.6 Å². The topological polar surface area (TPSA) is 75.6 Å². The summed E-state index contributed by atoms with van der Waals surface area (Å²) in [7, 11) is -1.81. The van der Waals surface area contributed by atoms with Gasteiger partial charge < -0.3 is 9.64 Å². The lowest BCUT2D eigenvalue weighted by Crippen LogP contribution is -2.35. The van der Waals surface area contributed by atoms with Crippen LogP contribution in [0.2, 0.25) is 0 Å². The Morgan fingerprint density at radius 2 is 1.92 bits per heavy atom. The second-order valence-corrected chi connectivity index (χ2v) is 7.65. The molecular formula is C16H20N4O3S. The van der Waals surface area contributed by atoms with E-state index in [1.807, 2.05) is 42.2 Å². The zero-order chi connectivity index (χ0) is 17.3. The second-order valence-electron chi connectivity index (χ2n) is 5.74. The number of anilines is 2. The number of rotatable bonds is 3. The van der Waals surface area contributed by atoms with Crippen LogP contribution in [-0.4, -0.2) is 44.8 Å². The fourth-order valence-electron chi connectivity index (χ4n) is 2.82. The number of ether oxygens (including phenoxy) is 1. The number of fused-ring (bicyclic) bond motifs is 1. The largest absolute Gasteiger partial charge is 0.467 e. The number of sulfonamides is 1. The number of aryl methyl sites for hydroxylation is 1. The first-order valence-corrected chi connectivity index (χ1v) is 9.43. The van der Waals surface area contributed by atoms with Gasteiger partial charge >= 0.3 is 6.01 Å². The smallest absolute Gasteiger partial charge is 0.318 e. The fraction of sp³-hybridized carbons (Fsp3) is 0.375. The molecule has 0 bridgehead atoms. The second kappa shape index (κ2) is 6.27. The molecule has 1 aromatic carbocycles.